The quantitative estimate of drug-likeness (QED) is 0.707. The number of hydrogen-bond acceptors (Lipinski definition) is 2. The normalized spacial score (nSPS) is 13.8. The van der Waals surface area contributed by atoms with E-state index < -0.39 is 0 Å². The fraction of sp³-hybridized carbons (Fsp3) is 0.909. The third-order valence-corrected chi connectivity index (χ3v) is 2.06. The molecule has 0 aromatic carbocycles. The lowest BCUT2D eigenvalue weighted by molar-refractivity contribution is -0.125. The number of nitrogens with two attached hydrogens (primary N) is 1. The van der Waals surface area contributed by atoms with Crippen molar-refractivity contribution in [3.8, 4) is 0 Å². The van der Waals surface area contributed by atoms with E-state index in [9.17, 15) is 4.79 Å². The van der Waals surface area contributed by atoms with Crippen LogP contribution in [0.25, 0.3) is 0 Å². The van der Waals surface area contributed by atoms with Gasteiger partial charge in [-0.2, -0.15) is 0 Å². The predicted octanol–water partition coefficient (Wildman–Crippen LogP) is 1.52. The van der Waals surface area contributed by atoms with Crippen LogP contribution < -0.4 is 11.1 Å². The number of rotatable bonds is 5. The van der Waals surface area contributed by atoms with Crippen LogP contribution in [0.5, 0.6) is 0 Å². The van der Waals surface area contributed by atoms with Crippen LogP contribution in [0.2, 0.25) is 0 Å². The fourth-order valence-electron chi connectivity index (χ4n) is 1.41. The Morgan fingerprint density at radius 1 is 1.43 bits per heavy atom. The molecular weight excluding hydrogens is 176 g/mol. The molecule has 3 nitrogen and oxygen atoms in total. The van der Waals surface area contributed by atoms with Gasteiger partial charge in [-0.15, -0.1) is 0 Å². The number of nitrogens with one attached hydrogen (secondary N) is 1. The van der Waals surface area contributed by atoms with Crippen LogP contribution in [0.15, 0.2) is 0 Å². The maximum Gasteiger partial charge on any atom is 0.224 e. The summed E-state index contributed by atoms with van der Waals surface area (Å²) in [6.07, 6.45) is 1.82. The summed E-state index contributed by atoms with van der Waals surface area (Å²) in [5.41, 5.74) is 5.75. The standard InChI is InChI=1S/C11H24N2O/c1-5-6-13-10(14)9(8-12)7-11(2,3)4/h9H,5-8,12H2,1-4H3,(H,13,14). The van der Waals surface area contributed by atoms with Gasteiger partial charge in [0, 0.05) is 13.1 Å². The van der Waals surface area contributed by atoms with Gasteiger partial charge in [0.2, 0.25) is 5.91 Å². The van der Waals surface area contributed by atoms with Crippen LogP contribution in [0.4, 0.5) is 0 Å². The van der Waals surface area contributed by atoms with E-state index >= 15 is 0 Å². The second-order valence-electron chi connectivity index (χ2n) is 4.99. The van der Waals surface area contributed by atoms with Gasteiger partial charge in [-0.05, 0) is 18.3 Å². The molecule has 0 radical (unpaired) electrons. The van der Waals surface area contributed by atoms with Crippen molar-refractivity contribution in [1.29, 1.82) is 0 Å². The Kier molecular flexibility index (Phi) is 5.77. The molecule has 3 heteroatoms. The van der Waals surface area contributed by atoms with Crippen molar-refractivity contribution in [3.63, 3.8) is 0 Å². The molecule has 0 fully saturated rings. The van der Waals surface area contributed by atoms with E-state index in [1.54, 1.807) is 0 Å². The third-order valence-electron chi connectivity index (χ3n) is 2.06. The first-order chi connectivity index (χ1) is 6.40. The summed E-state index contributed by atoms with van der Waals surface area (Å²) in [5.74, 6) is 0.0609. The third kappa shape index (κ3) is 5.97. The van der Waals surface area contributed by atoms with Gasteiger partial charge >= 0.3 is 0 Å². The van der Waals surface area contributed by atoms with Crippen molar-refractivity contribution in [2.75, 3.05) is 13.1 Å². The van der Waals surface area contributed by atoms with Gasteiger partial charge in [-0.1, -0.05) is 27.7 Å². The molecule has 0 aromatic rings. The monoisotopic (exact) mass is 200 g/mol. The van der Waals surface area contributed by atoms with Crippen LogP contribution in [0.3, 0.4) is 0 Å². The highest BCUT2D eigenvalue weighted by Crippen LogP contribution is 2.23. The largest absolute Gasteiger partial charge is 0.356 e. The summed E-state index contributed by atoms with van der Waals surface area (Å²) in [6, 6.07) is 0. The van der Waals surface area contributed by atoms with E-state index in [2.05, 4.69) is 26.1 Å². The molecule has 14 heavy (non-hydrogen) atoms. The van der Waals surface area contributed by atoms with Gasteiger partial charge in [-0.3, -0.25) is 4.79 Å². The molecule has 0 spiro atoms. The number of carbonyl (C=O) groups is 1. The first kappa shape index (κ1) is 13.4. The SMILES string of the molecule is CCCNC(=O)C(CN)CC(C)(C)C. The fourth-order valence-corrected chi connectivity index (χ4v) is 1.41. The Labute approximate surface area is 87.4 Å². The second kappa shape index (κ2) is 6.02. The van der Waals surface area contributed by atoms with E-state index in [1.807, 2.05) is 6.92 Å². The zero-order chi connectivity index (χ0) is 11.2. The zero-order valence-electron chi connectivity index (χ0n) is 9.89. The van der Waals surface area contributed by atoms with E-state index in [0.717, 1.165) is 19.4 Å². The molecule has 0 saturated heterocycles. The first-order valence-electron chi connectivity index (χ1n) is 5.38. The van der Waals surface area contributed by atoms with Gasteiger partial charge in [-0.25, -0.2) is 0 Å². The summed E-state index contributed by atoms with van der Waals surface area (Å²) in [6.45, 7) is 9.61. The Bertz CT molecular complexity index is 173. The molecule has 0 bridgehead atoms. The molecule has 0 aromatic heterocycles. The zero-order valence-corrected chi connectivity index (χ0v) is 9.89. The van der Waals surface area contributed by atoms with Gasteiger partial charge < -0.3 is 11.1 Å². The smallest absolute Gasteiger partial charge is 0.224 e. The van der Waals surface area contributed by atoms with Crippen molar-refractivity contribution in [2.45, 2.75) is 40.5 Å². The van der Waals surface area contributed by atoms with Crippen molar-refractivity contribution in [1.82, 2.24) is 5.32 Å². The maximum absolute atomic E-state index is 11.6. The molecule has 1 unspecified atom stereocenters. The number of hydrogen-bond donors (Lipinski definition) is 2. The van der Waals surface area contributed by atoms with Gasteiger partial charge in [0.05, 0.1) is 5.92 Å². The minimum absolute atomic E-state index is 0.0402. The molecule has 1 atom stereocenters. The summed E-state index contributed by atoms with van der Waals surface area (Å²) < 4.78 is 0. The van der Waals surface area contributed by atoms with Crippen molar-refractivity contribution < 1.29 is 4.79 Å². The summed E-state index contributed by atoms with van der Waals surface area (Å²) in [7, 11) is 0. The highest BCUT2D eigenvalue weighted by molar-refractivity contribution is 5.78. The molecule has 0 rings (SSSR count). The van der Waals surface area contributed by atoms with E-state index in [4.69, 9.17) is 5.73 Å². The van der Waals surface area contributed by atoms with Gasteiger partial charge in [0.25, 0.3) is 0 Å². The van der Waals surface area contributed by atoms with Gasteiger partial charge in [0.1, 0.15) is 0 Å². The van der Waals surface area contributed by atoms with E-state index in [1.165, 1.54) is 0 Å². The molecular formula is C11H24N2O. The van der Waals surface area contributed by atoms with E-state index in [-0.39, 0.29) is 17.2 Å². The Morgan fingerprint density at radius 3 is 2.36 bits per heavy atom. The first-order valence-corrected chi connectivity index (χ1v) is 5.38. The van der Waals surface area contributed by atoms with Crippen molar-refractivity contribution in [3.05, 3.63) is 0 Å². The van der Waals surface area contributed by atoms with Crippen LogP contribution >= 0.6 is 0 Å². The molecule has 0 aliphatic heterocycles. The van der Waals surface area contributed by atoms with Crippen LogP contribution in [0.1, 0.15) is 40.5 Å². The van der Waals surface area contributed by atoms with Crippen LogP contribution in [0, 0.1) is 11.3 Å². The lowest BCUT2D eigenvalue weighted by Crippen LogP contribution is -2.37. The van der Waals surface area contributed by atoms with E-state index in [0.29, 0.717) is 6.54 Å². The minimum Gasteiger partial charge on any atom is -0.356 e. The Hall–Kier alpha value is -0.570. The summed E-state index contributed by atoms with van der Waals surface area (Å²) in [5, 5.41) is 2.89. The number of carbonyl (C=O) groups excluding carboxylic acids is 1. The summed E-state index contributed by atoms with van der Waals surface area (Å²) in [4.78, 5) is 11.6. The molecule has 0 heterocycles. The maximum atomic E-state index is 11.6. The molecule has 0 saturated carbocycles. The molecule has 3 N–H and O–H groups in total. The summed E-state index contributed by atoms with van der Waals surface area (Å²) >= 11 is 0. The minimum atomic E-state index is -0.0402. The molecule has 0 aliphatic rings. The Morgan fingerprint density at radius 2 is 2.00 bits per heavy atom. The van der Waals surface area contributed by atoms with Crippen molar-refractivity contribution in [2.24, 2.45) is 17.1 Å². The Balaban J connectivity index is 4.06. The average Bonchev–Trinajstić information content (AvgIpc) is 2.08. The lowest BCUT2D eigenvalue weighted by Gasteiger charge is -2.24. The molecule has 84 valence electrons. The van der Waals surface area contributed by atoms with Gasteiger partial charge in [0.15, 0.2) is 0 Å². The van der Waals surface area contributed by atoms with Crippen molar-refractivity contribution >= 4 is 5.91 Å². The molecule has 1 amide bonds. The lowest BCUT2D eigenvalue weighted by atomic mass is 9.84. The number of amides is 1. The predicted molar refractivity (Wildman–Crippen MR) is 59.9 cm³/mol. The van der Waals surface area contributed by atoms with Crippen LogP contribution in [-0.4, -0.2) is 19.0 Å². The topological polar surface area (TPSA) is 55.1 Å². The highest BCUT2D eigenvalue weighted by atomic mass is 16.1. The highest BCUT2D eigenvalue weighted by Gasteiger charge is 2.23. The average molecular weight is 200 g/mol. The molecule has 0 aliphatic carbocycles. The van der Waals surface area contributed by atoms with Crippen LogP contribution in [-0.2, 0) is 4.79 Å². The second-order valence-corrected chi connectivity index (χ2v) is 4.99.